The van der Waals surface area contributed by atoms with Crippen LogP contribution in [0.2, 0.25) is 0 Å². The highest BCUT2D eigenvalue weighted by atomic mass is 14.2. The fourth-order valence-corrected chi connectivity index (χ4v) is 1.18. The van der Waals surface area contributed by atoms with Gasteiger partial charge in [-0.05, 0) is 25.2 Å². The molecule has 8 heavy (non-hydrogen) atoms. The average Bonchev–Trinajstić information content (AvgIpc) is 1.82. The van der Waals surface area contributed by atoms with Crippen LogP contribution in [-0.2, 0) is 0 Å². The van der Waals surface area contributed by atoms with Crippen molar-refractivity contribution in [3.8, 4) is 0 Å². The van der Waals surface area contributed by atoms with Crippen LogP contribution in [0.15, 0.2) is 11.6 Å². The molecule has 0 atom stereocenters. The highest BCUT2D eigenvalue weighted by molar-refractivity contribution is 5.20. The summed E-state index contributed by atoms with van der Waals surface area (Å²) in [5.74, 6) is 0. The Morgan fingerprint density at radius 3 is 2.25 bits per heavy atom. The van der Waals surface area contributed by atoms with Gasteiger partial charge in [-0.3, -0.25) is 0 Å². The first-order valence-corrected chi connectivity index (χ1v) is 3.13. The van der Waals surface area contributed by atoms with Crippen molar-refractivity contribution in [2.45, 2.75) is 27.2 Å². The van der Waals surface area contributed by atoms with Crippen molar-refractivity contribution < 1.29 is 0 Å². The van der Waals surface area contributed by atoms with E-state index in [-0.39, 0.29) is 0 Å². The summed E-state index contributed by atoms with van der Waals surface area (Å²) in [6.07, 6.45) is 5.86. The number of rotatable bonds is 0. The average molecular weight is 109 g/mol. The zero-order chi connectivity index (χ0) is 6.20. The number of allylic oxidation sites excluding steroid dienone is 2. The van der Waals surface area contributed by atoms with Gasteiger partial charge in [-0.2, -0.15) is 0 Å². The molecule has 0 spiro atoms. The molecule has 0 heterocycles. The molecular formula is C8H13. The first-order valence-electron chi connectivity index (χ1n) is 3.13. The third-order valence-corrected chi connectivity index (χ3v) is 1.57. The highest BCUT2D eigenvalue weighted by Gasteiger charge is 2.20. The molecule has 0 saturated heterocycles. The van der Waals surface area contributed by atoms with Gasteiger partial charge in [-0.1, -0.05) is 25.5 Å². The van der Waals surface area contributed by atoms with Crippen LogP contribution in [0.5, 0.6) is 0 Å². The Hall–Kier alpha value is -0.260. The molecule has 1 aliphatic rings. The zero-order valence-corrected chi connectivity index (χ0v) is 5.86. The van der Waals surface area contributed by atoms with E-state index in [2.05, 4.69) is 33.3 Å². The predicted molar refractivity (Wildman–Crippen MR) is 36.5 cm³/mol. The van der Waals surface area contributed by atoms with E-state index in [9.17, 15) is 0 Å². The lowest BCUT2D eigenvalue weighted by Crippen LogP contribution is -2.01. The topological polar surface area (TPSA) is 0 Å². The lowest BCUT2D eigenvalue weighted by Gasteiger charge is -2.11. The van der Waals surface area contributed by atoms with Gasteiger partial charge in [0, 0.05) is 0 Å². The number of hydrogen-bond acceptors (Lipinski definition) is 0. The fraction of sp³-hybridized carbons (Fsp3) is 0.625. The second kappa shape index (κ2) is 1.61. The molecule has 0 aliphatic heterocycles. The third kappa shape index (κ3) is 1.12. The minimum Gasteiger partial charge on any atom is -0.0796 e. The smallest absolute Gasteiger partial charge is 0.0138 e. The highest BCUT2D eigenvalue weighted by Crippen LogP contribution is 2.33. The molecule has 45 valence electrons. The van der Waals surface area contributed by atoms with E-state index >= 15 is 0 Å². The van der Waals surface area contributed by atoms with Crippen molar-refractivity contribution in [1.29, 1.82) is 0 Å². The largest absolute Gasteiger partial charge is 0.0796 e. The lowest BCUT2D eigenvalue weighted by molar-refractivity contribution is 0.584. The summed E-state index contributed by atoms with van der Waals surface area (Å²) in [5, 5.41) is 0. The van der Waals surface area contributed by atoms with Crippen molar-refractivity contribution in [1.82, 2.24) is 0 Å². The maximum absolute atomic E-state index is 2.35. The summed E-state index contributed by atoms with van der Waals surface area (Å²) >= 11 is 0. The van der Waals surface area contributed by atoms with E-state index in [4.69, 9.17) is 0 Å². The number of hydrogen-bond donors (Lipinski definition) is 0. The third-order valence-electron chi connectivity index (χ3n) is 1.57. The van der Waals surface area contributed by atoms with E-state index in [0.717, 1.165) is 0 Å². The van der Waals surface area contributed by atoms with Gasteiger partial charge in [-0.15, -0.1) is 0 Å². The Kier molecular flexibility index (Phi) is 1.18. The van der Waals surface area contributed by atoms with E-state index in [1.807, 2.05) is 0 Å². The maximum Gasteiger partial charge on any atom is -0.0138 e. The molecule has 0 nitrogen and oxygen atoms in total. The van der Waals surface area contributed by atoms with Crippen LogP contribution in [-0.4, -0.2) is 0 Å². The van der Waals surface area contributed by atoms with Crippen LogP contribution in [0.3, 0.4) is 0 Å². The predicted octanol–water partition coefficient (Wildman–Crippen LogP) is 2.57. The SMILES string of the molecule is CC1=CC(C)(C)[CH]C1. The molecule has 0 aromatic heterocycles. The van der Waals surface area contributed by atoms with Crippen molar-refractivity contribution in [2.75, 3.05) is 0 Å². The van der Waals surface area contributed by atoms with Crippen molar-refractivity contribution in [2.24, 2.45) is 5.41 Å². The normalized spacial score (nSPS) is 25.6. The summed E-state index contributed by atoms with van der Waals surface area (Å²) in [6, 6.07) is 0. The summed E-state index contributed by atoms with van der Waals surface area (Å²) in [7, 11) is 0. The van der Waals surface area contributed by atoms with Crippen molar-refractivity contribution in [3.63, 3.8) is 0 Å². The van der Waals surface area contributed by atoms with E-state index < -0.39 is 0 Å². The Bertz CT molecular complexity index is 118. The van der Waals surface area contributed by atoms with Crippen LogP contribution >= 0.6 is 0 Å². The van der Waals surface area contributed by atoms with E-state index in [1.165, 1.54) is 12.0 Å². The second-order valence-electron chi connectivity index (χ2n) is 3.22. The molecule has 0 aromatic carbocycles. The Balaban J connectivity index is 2.67. The van der Waals surface area contributed by atoms with Gasteiger partial charge in [-0.25, -0.2) is 0 Å². The molecule has 0 bridgehead atoms. The van der Waals surface area contributed by atoms with Gasteiger partial charge < -0.3 is 0 Å². The van der Waals surface area contributed by atoms with Gasteiger partial charge >= 0.3 is 0 Å². The Morgan fingerprint density at radius 1 is 1.50 bits per heavy atom. The van der Waals surface area contributed by atoms with Crippen LogP contribution in [0.4, 0.5) is 0 Å². The van der Waals surface area contributed by atoms with Crippen LogP contribution < -0.4 is 0 Å². The molecular weight excluding hydrogens is 96.1 g/mol. The van der Waals surface area contributed by atoms with Gasteiger partial charge in [0.1, 0.15) is 0 Å². The maximum atomic E-state index is 2.35. The van der Waals surface area contributed by atoms with Gasteiger partial charge in [0.15, 0.2) is 0 Å². The monoisotopic (exact) mass is 109 g/mol. The Morgan fingerprint density at radius 2 is 2.12 bits per heavy atom. The molecule has 0 heteroatoms. The molecule has 0 unspecified atom stereocenters. The molecule has 0 fully saturated rings. The summed E-state index contributed by atoms with van der Waals surface area (Å²) in [4.78, 5) is 0. The van der Waals surface area contributed by atoms with E-state index in [0.29, 0.717) is 5.41 Å². The van der Waals surface area contributed by atoms with Crippen molar-refractivity contribution in [3.05, 3.63) is 18.1 Å². The molecule has 0 N–H and O–H groups in total. The van der Waals surface area contributed by atoms with Crippen molar-refractivity contribution >= 4 is 0 Å². The first-order chi connectivity index (χ1) is 3.60. The fourth-order valence-electron chi connectivity index (χ4n) is 1.18. The second-order valence-corrected chi connectivity index (χ2v) is 3.22. The summed E-state index contributed by atoms with van der Waals surface area (Å²) < 4.78 is 0. The summed E-state index contributed by atoms with van der Waals surface area (Å²) in [6.45, 7) is 6.66. The quantitative estimate of drug-likeness (QED) is 0.419. The molecule has 1 aliphatic carbocycles. The first kappa shape index (κ1) is 5.87. The van der Waals surface area contributed by atoms with Crippen LogP contribution in [0, 0.1) is 11.8 Å². The van der Waals surface area contributed by atoms with Gasteiger partial charge in [0.2, 0.25) is 0 Å². The van der Waals surface area contributed by atoms with Gasteiger partial charge in [0.05, 0.1) is 0 Å². The molecule has 1 rings (SSSR count). The minimum atomic E-state index is 0.379. The van der Waals surface area contributed by atoms with Gasteiger partial charge in [0.25, 0.3) is 0 Å². The molecule has 0 saturated carbocycles. The lowest BCUT2D eigenvalue weighted by atomic mass is 9.94. The zero-order valence-electron chi connectivity index (χ0n) is 5.86. The molecule has 0 amide bonds. The minimum absolute atomic E-state index is 0.379. The molecule has 0 aromatic rings. The van der Waals surface area contributed by atoms with Crippen LogP contribution in [0.25, 0.3) is 0 Å². The van der Waals surface area contributed by atoms with E-state index in [1.54, 1.807) is 0 Å². The Labute approximate surface area is 51.6 Å². The standard InChI is InChI=1S/C8H13/c1-7-4-5-8(2,3)6-7/h5-6H,4H2,1-3H3. The molecule has 1 radical (unpaired) electrons. The van der Waals surface area contributed by atoms with Crippen LogP contribution in [0.1, 0.15) is 27.2 Å². The summed E-state index contributed by atoms with van der Waals surface area (Å²) in [5.41, 5.74) is 1.89.